The maximum atomic E-state index is 10.1. The fourth-order valence-corrected chi connectivity index (χ4v) is 0.902. The predicted molar refractivity (Wildman–Crippen MR) is 61.5 cm³/mol. The summed E-state index contributed by atoms with van der Waals surface area (Å²) in [5, 5.41) is 0. The van der Waals surface area contributed by atoms with Crippen LogP contribution in [-0.2, 0) is 9.09 Å². The van der Waals surface area contributed by atoms with Crippen LogP contribution in [0.2, 0.25) is 0 Å². The van der Waals surface area contributed by atoms with Crippen LogP contribution in [0.3, 0.4) is 0 Å². The molecule has 0 unspecified atom stereocenters. The molecule has 0 rings (SSSR count). The molecule has 0 saturated heterocycles. The van der Waals surface area contributed by atoms with Crippen molar-refractivity contribution in [1.82, 2.24) is 0 Å². The lowest BCUT2D eigenvalue weighted by Crippen LogP contribution is -1.91. The van der Waals surface area contributed by atoms with E-state index in [9.17, 15) is 4.57 Å². The SMILES string of the molecule is C=C=C(C)C.CCCCCOP(=O)(O)O. The molecule has 0 bridgehead atoms. The van der Waals surface area contributed by atoms with E-state index in [1.165, 1.54) is 0 Å². The van der Waals surface area contributed by atoms with Gasteiger partial charge >= 0.3 is 7.82 Å². The molecule has 0 aliphatic rings. The molecule has 0 spiro atoms. The molecular formula is C10H21O4P. The van der Waals surface area contributed by atoms with Gasteiger partial charge in [-0.2, -0.15) is 0 Å². The summed E-state index contributed by atoms with van der Waals surface area (Å²) in [6.45, 7) is 9.49. The molecule has 0 aliphatic heterocycles. The molecule has 0 radical (unpaired) electrons. The normalized spacial score (nSPS) is 9.93. The lowest BCUT2D eigenvalue weighted by atomic mass is 10.3. The summed E-state index contributed by atoms with van der Waals surface area (Å²) in [7, 11) is -4.21. The van der Waals surface area contributed by atoms with E-state index in [4.69, 9.17) is 9.79 Å². The molecule has 0 aromatic rings. The van der Waals surface area contributed by atoms with Gasteiger partial charge in [-0.3, -0.25) is 4.52 Å². The number of hydrogen-bond donors (Lipinski definition) is 2. The van der Waals surface area contributed by atoms with E-state index in [0.717, 1.165) is 18.4 Å². The summed E-state index contributed by atoms with van der Waals surface area (Å²) in [6.07, 6.45) is 2.67. The van der Waals surface area contributed by atoms with Gasteiger partial charge in [-0.15, -0.1) is 5.73 Å². The fraction of sp³-hybridized carbons (Fsp3) is 0.700. The van der Waals surface area contributed by atoms with Crippen molar-refractivity contribution in [3.63, 3.8) is 0 Å². The van der Waals surface area contributed by atoms with Crippen molar-refractivity contribution in [1.29, 1.82) is 0 Å². The van der Waals surface area contributed by atoms with Gasteiger partial charge in [-0.25, -0.2) is 4.57 Å². The van der Waals surface area contributed by atoms with Crippen LogP contribution >= 0.6 is 7.82 Å². The second kappa shape index (κ2) is 10.2. The molecule has 4 nitrogen and oxygen atoms in total. The first kappa shape index (κ1) is 17.0. The van der Waals surface area contributed by atoms with Crippen LogP contribution in [0.4, 0.5) is 0 Å². The molecule has 0 aromatic carbocycles. The Balaban J connectivity index is 0. The van der Waals surface area contributed by atoms with Gasteiger partial charge in [0.15, 0.2) is 0 Å². The number of allylic oxidation sites excluding steroid dienone is 1. The van der Waals surface area contributed by atoms with Crippen molar-refractivity contribution in [3.05, 3.63) is 17.9 Å². The van der Waals surface area contributed by atoms with E-state index in [2.05, 4.69) is 16.8 Å². The van der Waals surface area contributed by atoms with Crippen molar-refractivity contribution in [2.45, 2.75) is 40.0 Å². The Morgan fingerprint density at radius 2 is 1.87 bits per heavy atom. The maximum Gasteiger partial charge on any atom is 0.469 e. The predicted octanol–water partition coefficient (Wildman–Crippen LogP) is 3.02. The van der Waals surface area contributed by atoms with Crippen LogP contribution in [0.15, 0.2) is 17.9 Å². The summed E-state index contributed by atoms with van der Waals surface area (Å²) < 4.78 is 14.3. The number of hydrogen-bond acceptors (Lipinski definition) is 2. The third-order valence-electron chi connectivity index (χ3n) is 1.36. The van der Waals surface area contributed by atoms with Crippen LogP contribution in [0, 0.1) is 0 Å². The molecule has 0 fully saturated rings. The third kappa shape index (κ3) is 24.8. The van der Waals surface area contributed by atoms with Gasteiger partial charge in [0.25, 0.3) is 0 Å². The number of unbranched alkanes of at least 4 members (excludes halogenated alkanes) is 2. The van der Waals surface area contributed by atoms with Crippen LogP contribution in [-0.4, -0.2) is 16.4 Å². The lowest BCUT2D eigenvalue weighted by Gasteiger charge is -2.02. The molecule has 0 atom stereocenters. The monoisotopic (exact) mass is 236 g/mol. The Morgan fingerprint density at radius 1 is 1.40 bits per heavy atom. The molecule has 90 valence electrons. The average molecular weight is 236 g/mol. The second-order valence-corrected chi connectivity index (χ2v) is 4.45. The zero-order valence-corrected chi connectivity index (χ0v) is 10.6. The Labute approximate surface area is 91.9 Å². The Bertz CT molecular complexity index is 234. The van der Waals surface area contributed by atoms with Crippen molar-refractivity contribution in [3.8, 4) is 0 Å². The van der Waals surface area contributed by atoms with Gasteiger partial charge in [-0.1, -0.05) is 26.3 Å². The summed E-state index contributed by atoms with van der Waals surface area (Å²) >= 11 is 0. The highest BCUT2D eigenvalue weighted by molar-refractivity contribution is 7.46. The molecule has 0 aliphatic carbocycles. The lowest BCUT2D eigenvalue weighted by molar-refractivity contribution is 0.193. The van der Waals surface area contributed by atoms with Gasteiger partial charge in [0.05, 0.1) is 6.61 Å². The van der Waals surface area contributed by atoms with E-state index >= 15 is 0 Å². The summed E-state index contributed by atoms with van der Waals surface area (Å²) in [6, 6.07) is 0. The number of phosphoric ester groups is 1. The smallest absolute Gasteiger partial charge is 0.303 e. The van der Waals surface area contributed by atoms with E-state index in [1.54, 1.807) is 0 Å². The molecule has 2 N–H and O–H groups in total. The molecule has 0 heterocycles. The van der Waals surface area contributed by atoms with Crippen molar-refractivity contribution < 1.29 is 18.9 Å². The van der Waals surface area contributed by atoms with Crippen molar-refractivity contribution >= 4 is 7.82 Å². The molecular weight excluding hydrogens is 215 g/mol. The zero-order valence-electron chi connectivity index (χ0n) is 9.69. The van der Waals surface area contributed by atoms with Crippen LogP contribution in [0.25, 0.3) is 0 Å². The fourth-order valence-electron chi connectivity index (χ4n) is 0.536. The first-order chi connectivity index (χ1) is 6.83. The highest BCUT2D eigenvalue weighted by atomic mass is 31.2. The zero-order chi connectivity index (χ0) is 12.3. The highest BCUT2D eigenvalue weighted by Crippen LogP contribution is 2.35. The van der Waals surface area contributed by atoms with E-state index < -0.39 is 7.82 Å². The molecule has 0 saturated carbocycles. The summed E-state index contributed by atoms with van der Waals surface area (Å²) in [5.41, 5.74) is 3.84. The minimum absolute atomic E-state index is 0.151. The van der Waals surface area contributed by atoms with Crippen molar-refractivity contribution in [2.24, 2.45) is 0 Å². The van der Waals surface area contributed by atoms with E-state index in [-0.39, 0.29) is 6.61 Å². The van der Waals surface area contributed by atoms with E-state index in [1.807, 2.05) is 20.8 Å². The summed E-state index contributed by atoms with van der Waals surface area (Å²) in [5.74, 6) is 0. The van der Waals surface area contributed by atoms with Gasteiger partial charge in [0, 0.05) is 0 Å². The van der Waals surface area contributed by atoms with Gasteiger partial charge < -0.3 is 9.79 Å². The minimum Gasteiger partial charge on any atom is -0.303 e. The van der Waals surface area contributed by atoms with Gasteiger partial charge in [0.2, 0.25) is 0 Å². The Kier molecular flexibility index (Phi) is 11.5. The largest absolute Gasteiger partial charge is 0.469 e. The Morgan fingerprint density at radius 3 is 2.13 bits per heavy atom. The van der Waals surface area contributed by atoms with Crippen LogP contribution < -0.4 is 0 Å². The average Bonchev–Trinajstić information content (AvgIpc) is 2.12. The molecule has 15 heavy (non-hydrogen) atoms. The molecule has 0 amide bonds. The summed E-state index contributed by atoms with van der Waals surface area (Å²) in [4.78, 5) is 16.4. The first-order valence-corrected chi connectivity index (χ1v) is 6.39. The number of rotatable bonds is 5. The minimum atomic E-state index is -4.21. The van der Waals surface area contributed by atoms with E-state index in [0.29, 0.717) is 6.42 Å². The van der Waals surface area contributed by atoms with Gasteiger partial charge in [-0.05, 0) is 25.8 Å². The topological polar surface area (TPSA) is 66.8 Å². The highest BCUT2D eigenvalue weighted by Gasteiger charge is 2.11. The Hall–Kier alpha value is -0.370. The van der Waals surface area contributed by atoms with Crippen molar-refractivity contribution in [2.75, 3.05) is 6.61 Å². The second-order valence-electron chi connectivity index (χ2n) is 3.21. The standard InChI is InChI=1S/C5H13O4P.C5H8/c1-2-3-4-5-9-10(6,7)8;1-4-5(2)3/h2-5H2,1H3,(H2,6,7,8);1H2,2-3H3. The van der Waals surface area contributed by atoms with Gasteiger partial charge in [0.1, 0.15) is 0 Å². The maximum absolute atomic E-state index is 10.1. The third-order valence-corrected chi connectivity index (χ3v) is 1.88. The van der Waals surface area contributed by atoms with Crippen LogP contribution in [0.1, 0.15) is 40.0 Å². The molecule has 5 heteroatoms. The van der Waals surface area contributed by atoms with Crippen LogP contribution in [0.5, 0.6) is 0 Å². The first-order valence-electron chi connectivity index (χ1n) is 4.86. The molecule has 0 aromatic heterocycles. The quantitative estimate of drug-likeness (QED) is 0.437. The number of phosphoric acid groups is 1.